The maximum Gasteiger partial charge on any atom is 0.323 e. The molecule has 1 N–H and O–H groups in total. The molecule has 6 atom stereocenters. The van der Waals surface area contributed by atoms with Crippen molar-refractivity contribution >= 4 is 17.0 Å². The van der Waals surface area contributed by atoms with E-state index < -0.39 is 18.1 Å². The van der Waals surface area contributed by atoms with Crippen LogP contribution in [-0.2, 0) is 11.3 Å². The molecule has 40 heavy (non-hydrogen) atoms. The summed E-state index contributed by atoms with van der Waals surface area (Å²) in [6.45, 7) is -0.418. The summed E-state index contributed by atoms with van der Waals surface area (Å²) >= 11 is 0. The molecule has 7 rings (SSSR count). The van der Waals surface area contributed by atoms with Gasteiger partial charge in [-0.3, -0.25) is 19.3 Å². The Morgan fingerprint density at radius 2 is 1.55 bits per heavy atom. The standard InChI is InChI=1S/C32H38N4O4/c37-29-16-22(11-12-34(29)19-30(38)39)31-32(40)36(28-10-2-1-9-27(28)33-31)26-17-23-7-4-8-24(18-26)35(23)25-14-20-5-3-6-21(13-20)15-25/h1-2,9-12,16,20-21,23-26H,3-8,13-15,17-19H2,(H,38,39)/t20-,21+,23-,24+,25?,26?. The van der Waals surface area contributed by atoms with Gasteiger partial charge >= 0.3 is 5.97 Å². The lowest BCUT2D eigenvalue weighted by Crippen LogP contribution is -2.58. The summed E-state index contributed by atoms with van der Waals surface area (Å²) in [5, 5.41) is 9.10. The largest absolute Gasteiger partial charge is 0.480 e. The van der Waals surface area contributed by atoms with Gasteiger partial charge in [0.1, 0.15) is 12.2 Å². The monoisotopic (exact) mass is 542 g/mol. The first-order chi connectivity index (χ1) is 19.4. The molecule has 4 fully saturated rings. The Hall–Kier alpha value is -3.26. The Kier molecular flexibility index (Phi) is 6.61. The molecule has 2 saturated heterocycles. The summed E-state index contributed by atoms with van der Waals surface area (Å²) < 4.78 is 3.10. The Bertz CT molecular complexity index is 1530. The number of piperidine rings is 2. The fraction of sp³-hybridized carbons (Fsp3) is 0.562. The number of aromatic nitrogens is 3. The van der Waals surface area contributed by atoms with Gasteiger partial charge in [-0.15, -0.1) is 0 Å². The lowest BCUT2D eigenvalue weighted by atomic mass is 9.68. The quantitative estimate of drug-likeness (QED) is 0.496. The summed E-state index contributed by atoms with van der Waals surface area (Å²) in [7, 11) is 0. The van der Waals surface area contributed by atoms with Crippen LogP contribution in [0.4, 0.5) is 0 Å². The first-order valence-electron chi connectivity index (χ1n) is 15.2. The molecular weight excluding hydrogens is 504 g/mol. The van der Waals surface area contributed by atoms with Crippen molar-refractivity contribution in [2.45, 2.75) is 101 Å². The zero-order chi connectivity index (χ0) is 27.4. The van der Waals surface area contributed by atoms with Crippen LogP contribution in [0.15, 0.2) is 52.2 Å². The highest BCUT2D eigenvalue weighted by atomic mass is 16.4. The predicted molar refractivity (Wildman–Crippen MR) is 153 cm³/mol. The molecule has 0 radical (unpaired) electrons. The number of fused-ring (bicyclic) bond motifs is 5. The van der Waals surface area contributed by atoms with E-state index in [2.05, 4.69) is 4.90 Å². The SMILES string of the molecule is O=C(O)Cn1ccc(-c2nc3ccccc3n(C3C[C@H]4CCC[C@@H](C3)N4C3C[C@H]4CCC[C@@H](C3)C4)c2=O)cc1=O. The summed E-state index contributed by atoms with van der Waals surface area (Å²) in [6, 6.07) is 12.6. The number of benzene rings is 1. The van der Waals surface area contributed by atoms with E-state index in [1.165, 1.54) is 70.1 Å². The van der Waals surface area contributed by atoms with E-state index in [0.717, 1.165) is 40.3 Å². The molecule has 2 aromatic heterocycles. The minimum absolute atomic E-state index is 0.0844. The molecule has 4 aliphatic rings. The summed E-state index contributed by atoms with van der Waals surface area (Å²) in [4.78, 5) is 45.6. The Morgan fingerprint density at radius 1 is 0.850 bits per heavy atom. The highest BCUT2D eigenvalue weighted by Gasteiger charge is 2.45. The van der Waals surface area contributed by atoms with Crippen LogP contribution in [0.25, 0.3) is 22.3 Å². The average molecular weight is 543 g/mol. The second kappa shape index (κ2) is 10.3. The third kappa shape index (κ3) is 4.60. The zero-order valence-electron chi connectivity index (χ0n) is 23.0. The van der Waals surface area contributed by atoms with Gasteiger partial charge in [-0.25, -0.2) is 4.98 Å². The highest BCUT2D eigenvalue weighted by molar-refractivity contribution is 5.78. The molecule has 8 heteroatoms. The topological polar surface area (TPSA) is 97.4 Å². The molecule has 4 heterocycles. The third-order valence-corrected chi connectivity index (χ3v) is 10.3. The van der Waals surface area contributed by atoms with Gasteiger partial charge < -0.3 is 14.2 Å². The Morgan fingerprint density at radius 3 is 2.25 bits per heavy atom. The van der Waals surface area contributed by atoms with E-state index in [1.54, 1.807) is 6.07 Å². The molecule has 2 aliphatic carbocycles. The van der Waals surface area contributed by atoms with Crippen molar-refractivity contribution in [1.29, 1.82) is 0 Å². The second-order valence-corrected chi connectivity index (χ2v) is 12.7. The molecule has 3 aromatic rings. The van der Waals surface area contributed by atoms with Crippen molar-refractivity contribution < 1.29 is 9.90 Å². The van der Waals surface area contributed by atoms with E-state index in [1.807, 2.05) is 28.8 Å². The van der Waals surface area contributed by atoms with Crippen LogP contribution in [0.2, 0.25) is 0 Å². The number of carbonyl (C=O) groups is 1. The number of aliphatic carboxylic acids is 1. The van der Waals surface area contributed by atoms with Gasteiger partial charge in [0.25, 0.3) is 11.1 Å². The van der Waals surface area contributed by atoms with Gasteiger partial charge in [0.2, 0.25) is 0 Å². The van der Waals surface area contributed by atoms with Crippen LogP contribution in [0.5, 0.6) is 0 Å². The van der Waals surface area contributed by atoms with Gasteiger partial charge in [0.05, 0.1) is 11.0 Å². The van der Waals surface area contributed by atoms with E-state index in [0.29, 0.717) is 23.7 Å². The van der Waals surface area contributed by atoms with Crippen molar-refractivity contribution in [1.82, 2.24) is 19.0 Å². The van der Waals surface area contributed by atoms with E-state index in [4.69, 9.17) is 10.1 Å². The fourth-order valence-corrected chi connectivity index (χ4v) is 8.77. The number of carboxylic acid groups (broad SMARTS) is 1. The molecule has 0 spiro atoms. The van der Waals surface area contributed by atoms with E-state index >= 15 is 0 Å². The van der Waals surface area contributed by atoms with Gasteiger partial charge in [-0.2, -0.15) is 0 Å². The van der Waals surface area contributed by atoms with Crippen molar-refractivity contribution in [3.05, 3.63) is 63.3 Å². The Balaban J connectivity index is 1.25. The third-order valence-electron chi connectivity index (χ3n) is 10.3. The minimum Gasteiger partial charge on any atom is -0.480 e. The van der Waals surface area contributed by atoms with Gasteiger partial charge in [0.15, 0.2) is 0 Å². The molecule has 1 aromatic carbocycles. The van der Waals surface area contributed by atoms with Crippen LogP contribution < -0.4 is 11.1 Å². The molecule has 0 amide bonds. The summed E-state index contributed by atoms with van der Waals surface area (Å²) in [5.74, 6) is 0.710. The first kappa shape index (κ1) is 25.7. The maximum absolute atomic E-state index is 14.2. The van der Waals surface area contributed by atoms with Gasteiger partial charge in [0, 0.05) is 42.0 Å². The van der Waals surface area contributed by atoms with Crippen LogP contribution in [0.1, 0.15) is 76.7 Å². The number of para-hydroxylation sites is 2. The van der Waals surface area contributed by atoms with Crippen molar-refractivity contribution in [3.63, 3.8) is 0 Å². The normalized spacial score (nSPS) is 30.3. The van der Waals surface area contributed by atoms with Crippen LogP contribution >= 0.6 is 0 Å². The van der Waals surface area contributed by atoms with Gasteiger partial charge in [-0.1, -0.05) is 37.8 Å². The maximum atomic E-state index is 14.2. The van der Waals surface area contributed by atoms with Gasteiger partial charge in [-0.05, 0) is 75.0 Å². The van der Waals surface area contributed by atoms with E-state index in [-0.39, 0.29) is 17.3 Å². The summed E-state index contributed by atoms with van der Waals surface area (Å²) in [6.07, 6.45) is 15.4. The first-order valence-corrected chi connectivity index (χ1v) is 15.2. The van der Waals surface area contributed by atoms with Crippen LogP contribution in [0, 0.1) is 11.8 Å². The fourth-order valence-electron chi connectivity index (χ4n) is 8.77. The van der Waals surface area contributed by atoms with Crippen molar-refractivity contribution in [3.8, 4) is 11.3 Å². The number of hydrogen-bond acceptors (Lipinski definition) is 5. The van der Waals surface area contributed by atoms with Crippen LogP contribution in [-0.4, -0.2) is 48.2 Å². The number of carboxylic acids is 1. The molecule has 2 unspecified atom stereocenters. The zero-order valence-corrected chi connectivity index (χ0v) is 23.0. The predicted octanol–water partition coefficient (Wildman–Crippen LogP) is 4.84. The number of hydrogen-bond donors (Lipinski definition) is 1. The number of nitrogens with zero attached hydrogens (tertiary/aromatic N) is 4. The molecule has 4 bridgehead atoms. The van der Waals surface area contributed by atoms with E-state index in [9.17, 15) is 14.4 Å². The minimum atomic E-state index is -1.09. The highest BCUT2D eigenvalue weighted by Crippen LogP contribution is 2.47. The summed E-state index contributed by atoms with van der Waals surface area (Å²) in [5.41, 5.74) is 1.64. The number of pyridine rings is 1. The lowest BCUT2D eigenvalue weighted by Gasteiger charge is -2.55. The molecule has 210 valence electrons. The number of rotatable bonds is 5. The van der Waals surface area contributed by atoms with Crippen molar-refractivity contribution in [2.24, 2.45) is 11.8 Å². The average Bonchev–Trinajstić information content (AvgIpc) is 2.93. The Labute approximate surface area is 233 Å². The lowest BCUT2D eigenvalue weighted by molar-refractivity contribution is -0.137. The second-order valence-electron chi connectivity index (χ2n) is 12.7. The van der Waals surface area contributed by atoms with Crippen LogP contribution in [0.3, 0.4) is 0 Å². The molecular formula is C32H38N4O4. The van der Waals surface area contributed by atoms with Crippen molar-refractivity contribution in [2.75, 3.05) is 0 Å². The molecule has 8 nitrogen and oxygen atoms in total. The smallest absolute Gasteiger partial charge is 0.323 e. The molecule has 2 saturated carbocycles. The molecule has 2 aliphatic heterocycles.